The standard InChI is InChI=1S/C35H68N2O6S/c1-5-8-10-12-14-16-18-20-22-24-33(38)42-27-31(28-44-29-32(36)35(40)37-30(7-3)26-41-4)43-34(39)25-23-21-19-17-15-13-11-9-6-2/h30-32H,5-29,36H2,1-4H3,(H,37,40)/t30?,31?,32-/m0/s1. The van der Waals surface area contributed by atoms with E-state index in [2.05, 4.69) is 19.2 Å². The molecule has 0 bridgehead atoms. The SMILES string of the molecule is CCCCCCCCCCCC(=O)OCC(CSC[C@H](N)C(=O)NC(CC)COC)OC(=O)CCCCCCCCCCC. The largest absolute Gasteiger partial charge is 0.462 e. The Morgan fingerprint density at radius 3 is 1.61 bits per heavy atom. The van der Waals surface area contributed by atoms with Gasteiger partial charge in [0.05, 0.1) is 18.7 Å². The fourth-order valence-corrected chi connectivity index (χ4v) is 5.92. The van der Waals surface area contributed by atoms with Gasteiger partial charge in [-0.15, -0.1) is 0 Å². The minimum atomic E-state index is -0.696. The molecule has 0 aromatic carbocycles. The Morgan fingerprint density at radius 1 is 0.659 bits per heavy atom. The third-order valence-electron chi connectivity index (χ3n) is 7.84. The van der Waals surface area contributed by atoms with E-state index in [1.807, 2.05) is 6.92 Å². The smallest absolute Gasteiger partial charge is 0.306 e. The van der Waals surface area contributed by atoms with Crippen LogP contribution in [0.4, 0.5) is 0 Å². The number of nitrogens with one attached hydrogen (secondary N) is 1. The van der Waals surface area contributed by atoms with Crippen molar-refractivity contribution in [2.45, 2.75) is 174 Å². The van der Waals surface area contributed by atoms with Crippen LogP contribution in [0.1, 0.15) is 156 Å². The molecule has 3 atom stereocenters. The number of hydrogen-bond donors (Lipinski definition) is 2. The number of carbonyl (C=O) groups is 3. The first-order chi connectivity index (χ1) is 21.4. The number of methoxy groups -OCH3 is 1. The molecule has 8 nitrogen and oxygen atoms in total. The summed E-state index contributed by atoms with van der Waals surface area (Å²) >= 11 is 1.43. The fourth-order valence-electron chi connectivity index (χ4n) is 4.95. The summed E-state index contributed by atoms with van der Waals surface area (Å²) in [6.45, 7) is 6.90. The highest BCUT2D eigenvalue weighted by atomic mass is 32.2. The Labute approximate surface area is 274 Å². The Morgan fingerprint density at radius 2 is 1.14 bits per heavy atom. The number of esters is 2. The number of carbonyl (C=O) groups excluding carboxylic acids is 3. The second kappa shape index (κ2) is 31.7. The summed E-state index contributed by atoms with van der Waals surface area (Å²) in [5, 5.41) is 2.91. The van der Waals surface area contributed by atoms with Crippen LogP contribution < -0.4 is 11.1 Å². The number of hydrogen-bond acceptors (Lipinski definition) is 8. The van der Waals surface area contributed by atoms with Crippen molar-refractivity contribution in [3.63, 3.8) is 0 Å². The van der Waals surface area contributed by atoms with Gasteiger partial charge in [-0.05, 0) is 19.3 Å². The molecule has 260 valence electrons. The molecule has 2 unspecified atom stereocenters. The molecule has 0 rings (SSSR count). The van der Waals surface area contributed by atoms with Crippen molar-refractivity contribution in [1.29, 1.82) is 0 Å². The zero-order valence-electron chi connectivity index (χ0n) is 28.8. The van der Waals surface area contributed by atoms with Gasteiger partial charge in [-0.1, -0.05) is 124 Å². The molecular weight excluding hydrogens is 576 g/mol. The molecule has 0 spiro atoms. The second-order valence-corrected chi connectivity index (χ2v) is 13.2. The molecule has 3 N–H and O–H groups in total. The summed E-state index contributed by atoms with van der Waals surface area (Å²) in [6.07, 6.45) is 22.2. The maximum absolute atomic E-state index is 12.6. The molecule has 0 aromatic heterocycles. The van der Waals surface area contributed by atoms with Crippen LogP contribution in [0, 0.1) is 0 Å². The molecular formula is C35H68N2O6S. The van der Waals surface area contributed by atoms with E-state index in [0.29, 0.717) is 31.0 Å². The average molecular weight is 645 g/mol. The fraction of sp³-hybridized carbons (Fsp3) is 0.914. The van der Waals surface area contributed by atoms with Crippen molar-refractivity contribution >= 4 is 29.6 Å². The van der Waals surface area contributed by atoms with Gasteiger partial charge in [0, 0.05) is 31.5 Å². The lowest BCUT2D eigenvalue weighted by Crippen LogP contribution is -2.48. The average Bonchev–Trinajstić information content (AvgIpc) is 3.01. The van der Waals surface area contributed by atoms with E-state index in [4.69, 9.17) is 19.9 Å². The quantitative estimate of drug-likeness (QED) is 0.0561. The summed E-state index contributed by atoms with van der Waals surface area (Å²) in [5.74, 6) is 0.0327. The Balaban J connectivity index is 4.53. The zero-order chi connectivity index (χ0) is 32.7. The van der Waals surface area contributed by atoms with Gasteiger partial charge >= 0.3 is 11.9 Å². The minimum absolute atomic E-state index is 0.0277. The lowest BCUT2D eigenvalue weighted by atomic mass is 10.1. The van der Waals surface area contributed by atoms with Crippen LogP contribution in [0.25, 0.3) is 0 Å². The van der Waals surface area contributed by atoms with E-state index in [-0.39, 0.29) is 30.5 Å². The minimum Gasteiger partial charge on any atom is -0.462 e. The first kappa shape index (κ1) is 42.7. The van der Waals surface area contributed by atoms with Crippen molar-refractivity contribution in [3.05, 3.63) is 0 Å². The van der Waals surface area contributed by atoms with Gasteiger partial charge in [0.1, 0.15) is 12.7 Å². The normalized spacial score (nSPS) is 13.3. The number of unbranched alkanes of at least 4 members (excludes halogenated alkanes) is 16. The molecule has 0 aliphatic carbocycles. The predicted octanol–water partition coefficient (Wildman–Crippen LogP) is 7.88. The van der Waals surface area contributed by atoms with Gasteiger partial charge in [-0.25, -0.2) is 0 Å². The number of nitrogens with two attached hydrogens (primary N) is 1. The highest BCUT2D eigenvalue weighted by Crippen LogP contribution is 2.15. The van der Waals surface area contributed by atoms with Crippen LogP contribution in [0.2, 0.25) is 0 Å². The highest BCUT2D eigenvalue weighted by Gasteiger charge is 2.21. The van der Waals surface area contributed by atoms with Gasteiger partial charge in [-0.3, -0.25) is 14.4 Å². The molecule has 0 aliphatic heterocycles. The van der Waals surface area contributed by atoms with Gasteiger partial charge < -0.3 is 25.3 Å². The molecule has 0 aliphatic rings. The highest BCUT2D eigenvalue weighted by molar-refractivity contribution is 7.99. The molecule has 0 heterocycles. The van der Waals surface area contributed by atoms with E-state index >= 15 is 0 Å². The number of ether oxygens (including phenoxy) is 3. The Bertz CT molecular complexity index is 696. The number of rotatable bonds is 32. The van der Waals surface area contributed by atoms with Crippen molar-refractivity contribution in [3.8, 4) is 0 Å². The molecule has 0 radical (unpaired) electrons. The van der Waals surface area contributed by atoms with Crippen molar-refractivity contribution in [2.75, 3.05) is 31.8 Å². The van der Waals surface area contributed by atoms with Crippen molar-refractivity contribution < 1.29 is 28.6 Å². The predicted molar refractivity (Wildman–Crippen MR) is 184 cm³/mol. The molecule has 0 saturated carbocycles. The van der Waals surface area contributed by atoms with Crippen molar-refractivity contribution in [2.24, 2.45) is 5.73 Å². The van der Waals surface area contributed by atoms with Gasteiger partial charge in [0.25, 0.3) is 0 Å². The zero-order valence-corrected chi connectivity index (χ0v) is 29.7. The van der Waals surface area contributed by atoms with E-state index in [9.17, 15) is 14.4 Å². The van der Waals surface area contributed by atoms with Crippen LogP contribution >= 0.6 is 11.8 Å². The second-order valence-electron chi connectivity index (χ2n) is 12.2. The number of thioether (sulfide) groups is 1. The lowest BCUT2D eigenvalue weighted by Gasteiger charge is -2.20. The molecule has 0 saturated heterocycles. The summed E-state index contributed by atoms with van der Waals surface area (Å²) in [5.41, 5.74) is 6.12. The first-order valence-corrected chi connectivity index (χ1v) is 19.0. The Kier molecular flexibility index (Phi) is 30.7. The maximum atomic E-state index is 12.6. The third kappa shape index (κ3) is 27.0. The van der Waals surface area contributed by atoms with Crippen LogP contribution in [-0.4, -0.2) is 67.9 Å². The van der Waals surface area contributed by atoms with Crippen LogP contribution in [0.5, 0.6) is 0 Å². The summed E-state index contributed by atoms with van der Waals surface area (Å²) in [7, 11) is 1.60. The topological polar surface area (TPSA) is 117 Å². The lowest BCUT2D eigenvalue weighted by molar-refractivity contribution is -0.157. The molecule has 9 heteroatoms. The molecule has 1 amide bonds. The monoisotopic (exact) mass is 644 g/mol. The molecule has 0 aromatic rings. The summed E-state index contributed by atoms with van der Waals surface area (Å²) < 4.78 is 16.4. The van der Waals surface area contributed by atoms with Gasteiger partial charge in [-0.2, -0.15) is 11.8 Å². The first-order valence-electron chi connectivity index (χ1n) is 17.8. The molecule has 44 heavy (non-hydrogen) atoms. The van der Waals surface area contributed by atoms with Gasteiger partial charge in [0.15, 0.2) is 0 Å². The van der Waals surface area contributed by atoms with Gasteiger partial charge in [0.2, 0.25) is 5.91 Å². The van der Waals surface area contributed by atoms with E-state index in [0.717, 1.165) is 44.9 Å². The van der Waals surface area contributed by atoms with Crippen LogP contribution in [0.3, 0.4) is 0 Å². The van der Waals surface area contributed by atoms with E-state index < -0.39 is 12.1 Å². The van der Waals surface area contributed by atoms with E-state index in [1.165, 1.54) is 88.8 Å². The van der Waals surface area contributed by atoms with Crippen LogP contribution in [0.15, 0.2) is 0 Å². The number of amides is 1. The maximum Gasteiger partial charge on any atom is 0.306 e. The summed E-state index contributed by atoms with van der Waals surface area (Å²) in [6, 6.07) is -0.776. The van der Waals surface area contributed by atoms with E-state index in [1.54, 1.807) is 7.11 Å². The van der Waals surface area contributed by atoms with Crippen LogP contribution in [-0.2, 0) is 28.6 Å². The van der Waals surface area contributed by atoms with Crippen molar-refractivity contribution in [1.82, 2.24) is 5.32 Å². The summed E-state index contributed by atoms with van der Waals surface area (Å²) in [4.78, 5) is 37.5. The Hall–Kier alpha value is -1.32. The molecule has 0 fully saturated rings. The third-order valence-corrected chi connectivity index (χ3v) is 9.04.